The van der Waals surface area contributed by atoms with E-state index in [1.807, 2.05) is 6.92 Å². The van der Waals surface area contributed by atoms with Crippen LogP contribution in [-0.2, 0) is 14.3 Å². The summed E-state index contributed by atoms with van der Waals surface area (Å²) < 4.78 is 5.21. The lowest BCUT2D eigenvalue weighted by Gasteiger charge is -2.42. The zero-order valence-corrected chi connectivity index (χ0v) is 10.3. The molecule has 1 aliphatic heterocycles. The Morgan fingerprint density at radius 2 is 2.12 bits per heavy atom. The van der Waals surface area contributed by atoms with Gasteiger partial charge in [-0.15, -0.1) is 0 Å². The minimum Gasteiger partial charge on any atom is -0.465 e. The zero-order chi connectivity index (χ0) is 12.2. The van der Waals surface area contributed by atoms with Crippen molar-refractivity contribution in [3.8, 4) is 0 Å². The molecule has 1 saturated heterocycles. The lowest BCUT2D eigenvalue weighted by atomic mass is 9.59. The summed E-state index contributed by atoms with van der Waals surface area (Å²) in [5, 5.41) is 0. The van der Waals surface area contributed by atoms with E-state index >= 15 is 0 Å². The third kappa shape index (κ3) is 1.48. The van der Waals surface area contributed by atoms with Gasteiger partial charge in [0.2, 0.25) is 0 Å². The SMILES string of the molecule is CC1=C[C@H]2C(=O)CC[C@H](C)[C@H]2[C@@H]2C(=O)OC[C@H]12. The first-order valence-corrected chi connectivity index (χ1v) is 6.47. The van der Waals surface area contributed by atoms with E-state index in [0.29, 0.717) is 24.7 Å². The third-order valence-corrected chi connectivity index (χ3v) is 4.84. The van der Waals surface area contributed by atoms with Crippen LogP contribution in [0, 0.1) is 29.6 Å². The number of ketones is 1. The van der Waals surface area contributed by atoms with Crippen molar-refractivity contribution < 1.29 is 14.3 Å². The molecule has 1 heterocycles. The van der Waals surface area contributed by atoms with Crippen LogP contribution in [0.5, 0.6) is 0 Å². The minimum absolute atomic E-state index is 0.0364. The number of hydrogen-bond acceptors (Lipinski definition) is 3. The lowest BCUT2D eigenvalue weighted by molar-refractivity contribution is -0.145. The van der Waals surface area contributed by atoms with Crippen LogP contribution in [0.25, 0.3) is 0 Å². The van der Waals surface area contributed by atoms with Crippen LogP contribution in [0.4, 0.5) is 0 Å². The second kappa shape index (κ2) is 3.69. The fraction of sp³-hybridized carbons (Fsp3) is 0.714. The smallest absolute Gasteiger partial charge is 0.310 e. The summed E-state index contributed by atoms with van der Waals surface area (Å²) in [7, 11) is 0. The molecule has 0 aromatic rings. The van der Waals surface area contributed by atoms with Crippen LogP contribution < -0.4 is 0 Å². The highest BCUT2D eigenvalue weighted by molar-refractivity contribution is 5.86. The maximum Gasteiger partial charge on any atom is 0.310 e. The molecule has 2 fully saturated rings. The number of allylic oxidation sites excluding steroid dienone is 1. The molecule has 0 N–H and O–H groups in total. The first-order chi connectivity index (χ1) is 8.09. The van der Waals surface area contributed by atoms with E-state index in [2.05, 4.69) is 13.0 Å². The Balaban J connectivity index is 2.04. The maximum absolute atomic E-state index is 12.0. The first kappa shape index (κ1) is 11.0. The van der Waals surface area contributed by atoms with Crippen molar-refractivity contribution in [3.63, 3.8) is 0 Å². The molecule has 5 atom stereocenters. The molecule has 0 spiro atoms. The molecular formula is C14H18O3. The Morgan fingerprint density at radius 3 is 2.88 bits per heavy atom. The topological polar surface area (TPSA) is 43.4 Å². The van der Waals surface area contributed by atoms with Gasteiger partial charge < -0.3 is 4.74 Å². The van der Waals surface area contributed by atoms with Crippen LogP contribution in [0.2, 0.25) is 0 Å². The third-order valence-electron chi connectivity index (χ3n) is 4.84. The average Bonchev–Trinajstić information content (AvgIpc) is 2.67. The van der Waals surface area contributed by atoms with Crippen molar-refractivity contribution in [2.75, 3.05) is 6.61 Å². The summed E-state index contributed by atoms with van der Waals surface area (Å²) in [6, 6.07) is 0. The van der Waals surface area contributed by atoms with E-state index in [1.165, 1.54) is 5.57 Å². The lowest BCUT2D eigenvalue weighted by Crippen LogP contribution is -2.44. The Labute approximate surface area is 101 Å². The second-order valence-electron chi connectivity index (χ2n) is 5.76. The monoisotopic (exact) mass is 234 g/mol. The van der Waals surface area contributed by atoms with Gasteiger partial charge in [-0.05, 0) is 25.2 Å². The minimum atomic E-state index is -0.0843. The number of ether oxygens (including phenoxy) is 1. The zero-order valence-electron chi connectivity index (χ0n) is 10.3. The summed E-state index contributed by atoms with van der Waals surface area (Å²) in [6.07, 6.45) is 3.69. The number of fused-ring (bicyclic) bond motifs is 3. The number of esters is 1. The van der Waals surface area contributed by atoms with Crippen molar-refractivity contribution in [3.05, 3.63) is 11.6 Å². The largest absolute Gasteiger partial charge is 0.465 e. The van der Waals surface area contributed by atoms with Gasteiger partial charge in [0, 0.05) is 18.3 Å². The van der Waals surface area contributed by atoms with Crippen molar-refractivity contribution in [1.82, 2.24) is 0 Å². The number of Topliss-reactive ketones (excluding diaryl/α,β-unsaturated/α-hetero) is 1. The normalized spacial score (nSPS) is 44.8. The Kier molecular flexibility index (Phi) is 2.39. The van der Waals surface area contributed by atoms with Crippen molar-refractivity contribution in [2.24, 2.45) is 29.6 Å². The van der Waals surface area contributed by atoms with Gasteiger partial charge in [-0.1, -0.05) is 18.6 Å². The van der Waals surface area contributed by atoms with Gasteiger partial charge in [0.25, 0.3) is 0 Å². The molecule has 0 radical (unpaired) electrons. The van der Waals surface area contributed by atoms with E-state index in [9.17, 15) is 9.59 Å². The van der Waals surface area contributed by atoms with Gasteiger partial charge >= 0.3 is 5.97 Å². The number of hydrogen-bond donors (Lipinski definition) is 0. The summed E-state index contributed by atoms with van der Waals surface area (Å²) in [5.74, 6) is 0.969. The van der Waals surface area contributed by atoms with Gasteiger partial charge in [0.1, 0.15) is 5.78 Å². The van der Waals surface area contributed by atoms with Crippen molar-refractivity contribution >= 4 is 11.8 Å². The van der Waals surface area contributed by atoms with E-state index < -0.39 is 0 Å². The predicted octanol–water partition coefficient (Wildman–Crippen LogP) is 1.97. The average molecular weight is 234 g/mol. The second-order valence-corrected chi connectivity index (χ2v) is 5.76. The Morgan fingerprint density at radius 1 is 1.35 bits per heavy atom. The molecule has 0 bridgehead atoms. The molecule has 0 aromatic carbocycles. The Hall–Kier alpha value is -1.12. The summed E-state index contributed by atoms with van der Waals surface area (Å²) in [4.78, 5) is 23.9. The van der Waals surface area contributed by atoms with E-state index in [1.54, 1.807) is 0 Å². The molecular weight excluding hydrogens is 216 g/mol. The number of carbonyl (C=O) groups excluding carboxylic acids is 2. The molecule has 0 unspecified atom stereocenters. The van der Waals surface area contributed by atoms with Crippen molar-refractivity contribution in [1.29, 1.82) is 0 Å². The quantitative estimate of drug-likeness (QED) is 0.475. The standard InChI is InChI=1S/C14H18O3/c1-7-3-4-11(15)9-5-8(2)10-6-17-14(16)13(10)12(7)9/h5,7,9-10,12-13H,3-4,6H2,1-2H3/t7-,9-,10+,12+,13+/m0/s1. The Bertz CT molecular complexity index is 410. The van der Waals surface area contributed by atoms with Gasteiger partial charge in [-0.2, -0.15) is 0 Å². The fourth-order valence-electron chi connectivity index (χ4n) is 3.86. The summed E-state index contributed by atoms with van der Waals surface area (Å²) in [5.41, 5.74) is 1.17. The van der Waals surface area contributed by atoms with Crippen LogP contribution in [-0.4, -0.2) is 18.4 Å². The number of carbonyl (C=O) groups is 2. The highest BCUT2D eigenvalue weighted by Crippen LogP contribution is 2.49. The first-order valence-electron chi connectivity index (χ1n) is 6.47. The molecule has 0 amide bonds. The van der Waals surface area contributed by atoms with E-state index in [0.717, 1.165) is 6.42 Å². The molecule has 2 aliphatic carbocycles. The van der Waals surface area contributed by atoms with E-state index in [-0.39, 0.29) is 29.6 Å². The van der Waals surface area contributed by atoms with E-state index in [4.69, 9.17) is 4.74 Å². The maximum atomic E-state index is 12.0. The molecule has 17 heavy (non-hydrogen) atoms. The molecule has 3 aliphatic rings. The van der Waals surface area contributed by atoms with Gasteiger partial charge in [0.05, 0.1) is 12.5 Å². The number of cyclic esters (lactones) is 1. The molecule has 3 rings (SSSR count). The molecule has 1 saturated carbocycles. The van der Waals surface area contributed by atoms with Gasteiger partial charge in [0.15, 0.2) is 0 Å². The fourth-order valence-corrected chi connectivity index (χ4v) is 3.86. The highest BCUT2D eigenvalue weighted by Gasteiger charge is 2.52. The van der Waals surface area contributed by atoms with Crippen LogP contribution in [0.1, 0.15) is 26.7 Å². The molecule has 92 valence electrons. The number of rotatable bonds is 0. The summed E-state index contributed by atoms with van der Waals surface area (Å²) >= 11 is 0. The molecule has 3 heteroatoms. The van der Waals surface area contributed by atoms with Crippen molar-refractivity contribution in [2.45, 2.75) is 26.7 Å². The molecule has 3 nitrogen and oxygen atoms in total. The van der Waals surface area contributed by atoms with Crippen LogP contribution in [0.3, 0.4) is 0 Å². The van der Waals surface area contributed by atoms with Crippen LogP contribution in [0.15, 0.2) is 11.6 Å². The van der Waals surface area contributed by atoms with Gasteiger partial charge in [-0.3, -0.25) is 9.59 Å². The van der Waals surface area contributed by atoms with Gasteiger partial charge in [-0.25, -0.2) is 0 Å². The predicted molar refractivity (Wildman–Crippen MR) is 62.1 cm³/mol. The highest BCUT2D eigenvalue weighted by atomic mass is 16.5. The molecule has 0 aromatic heterocycles. The van der Waals surface area contributed by atoms with Crippen LogP contribution >= 0.6 is 0 Å². The summed E-state index contributed by atoms with van der Waals surface area (Å²) in [6.45, 7) is 4.71.